The molecule has 1 aromatic heterocycles. The van der Waals surface area contributed by atoms with E-state index < -0.39 is 0 Å². The number of aromatic amines is 1. The number of likely N-dealkylation sites (tertiary alicyclic amines) is 1. The number of piperidine rings is 1. The molecule has 1 fully saturated rings. The molecule has 1 atom stereocenters. The molecule has 7 heteroatoms. The predicted octanol–water partition coefficient (Wildman–Crippen LogP) is 5.67. The number of hydrogen-bond donors (Lipinski definition) is 2. The number of H-pyrrole nitrogens is 1. The van der Waals surface area contributed by atoms with Gasteiger partial charge in [-0.15, -0.1) is 0 Å². The SMILES string of the molecule is CC(COC(=O)N1CCC(Nc2nc3ccccc3[nH]2)CC1)N(Cc1ccccc1)Cc1ccccc1. The molecular formula is C30H35N5O2. The van der Waals surface area contributed by atoms with Gasteiger partial charge in [-0.1, -0.05) is 72.8 Å². The number of nitrogens with zero attached hydrogens (tertiary/aromatic N) is 3. The van der Waals surface area contributed by atoms with E-state index >= 15 is 0 Å². The Morgan fingerprint density at radius 3 is 2.19 bits per heavy atom. The summed E-state index contributed by atoms with van der Waals surface area (Å²) < 4.78 is 5.80. The van der Waals surface area contributed by atoms with E-state index in [-0.39, 0.29) is 18.2 Å². The Morgan fingerprint density at radius 1 is 0.973 bits per heavy atom. The van der Waals surface area contributed by atoms with Crippen molar-refractivity contribution in [2.75, 3.05) is 25.0 Å². The summed E-state index contributed by atoms with van der Waals surface area (Å²) in [6.07, 6.45) is 1.49. The minimum Gasteiger partial charge on any atom is -0.448 e. The zero-order valence-corrected chi connectivity index (χ0v) is 21.3. The normalized spacial score (nSPS) is 15.1. The van der Waals surface area contributed by atoms with Crippen molar-refractivity contribution in [2.24, 2.45) is 0 Å². The van der Waals surface area contributed by atoms with Crippen LogP contribution in [0, 0.1) is 0 Å². The van der Waals surface area contributed by atoms with Gasteiger partial charge >= 0.3 is 6.09 Å². The number of ether oxygens (including phenoxy) is 1. The van der Waals surface area contributed by atoms with Crippen molar-refractivity contribution >= 4 is 23.1 Å². The molecule has 0 bridgehead atoms. The zero-order chi connectivity index (χ0) is 25.5. The van der Waals surface area contributed by atoms with Gasteiger partial charge in [0.05, 0.1) is 11.0 Å². The van der Waals surface area contributed by atoms with E-state index in [2.05, 4.69) is 75.6 Å². The average Bonchev–Trinajstić information content (AvgIpc) is 3.35. The second kappa shape index (κ2) is 11.9. The third kappa shape index (κ3) is 6.68. The third-order valence-electron chi connectivity index (χ3n) is 7.01. The van der Waals surface area contributed by atoms with Crippen LogP contribution in [0.5, 0.6) is 0 Å². The van der Waals surface area contributed by atoms with Gasteiger partial charge in [-0.3, -0.25) is 4.90 Å². The van der Waals surface area contributed by atoms with Crippen LogP contribution < -0.4 is 5.32 Å². The van der Waals surface area contributed by atoms with E-state index in [0.717, 1.165) is 42.9 Å². The molecule has 7 nitrogen and oxygen atoms in total. The number of benzene rings is 3. The number of aromatic nitrogens is 2. The van der Waals surface area contributed by atoms with Crippen molar-refractivity contribution in [3.8, 4) is 0 Å². The quantitative estimate of drug-likeness (QED) is 0.312. The maximum absolute atomic E-state index is 12.9. The van der Waals surface area contributed by atoms with Crippen LogP contribution in [0.15, 0.2) is 84.9 Å². The van der Waals surface area contributed by atoms with Crippen molar-refractivity contribution in [3.05, 3.63) is 96.1 Å². The van der Waals surface area contributed by atoms with Crippen LogP contribution in [0.2, 0.25) is 0 Å². The number of carbonyl (C=O) groups excluding carboxylic acids is 1. The first kappa shape index (κ1) is 24.8. The lowest BCUT2D eigenvalue weighted by Crippen LogP contribution is -2.44. The fourth-order valence-electron chi connectivity index (χ4n) is 4.81. The van der Waals surface area contributed by atoms with E-state index in [4.69, 9.17) is 4.74 Å². The molecule has 1 aliphatic heterocycles. The molecule has 0 saturated carbocycles. The highest BCUT2D eigenvalue weighted by Crippen LogP contribution is 2.19. The van der Waals surface area contributed by atoms with Crippen LogP contribution in [0.25, 0.3) is 11.0 Å². The predicted molar refractivity (Wildman–Crippen MR) is 147 cm³/mol. The van der Waals surface area contributed by atoms with Crippen molar-refractivity contribution in [2.45, 2.75) is 44.9 Å². The van der Waals surface area contributed by atoms with Crippen molar-refractivity contribution in [1.82, 2.24) is 19.8 Å². The Bertz CT molecular complexity index is 1190. The van der Waals surface area contributed by atoms with Gasteiger partial charge in [0.15, 0.2) is 0 Å². The van der Waals surface area contributed by atoms with Crippen LogP contribution in [0.3, 0.4) is 0 Å². The van der Waals surface area contributed by atoms with Gasteiger partial charge in [0.25, 0.3) is 0 Å². The Balaban J connectivity index is 1.11. The van der Waals surface area contributed by atoms with Gasteiger partial charge in [-0.05, 0) is 43.0 Å². The first-order valence-electron chi connectivity index (χ1n) is 13.1. The van der Waals surface area contributed by atoms with Gasteiger partial charge in [0, 0.05) is 38.3 Å². The largest absolute Gasteiger partial charge is 0.448 e. The van der Waals surface area contributed by atoms with Crippen molar-refractivity contribution in [3.63, 3.8) is 0 Å². The lowest BCUT2D eigenvalue weighted by molar-refractivity contribution is 0.0595. The van der Waals surface area contributed by atoms with Gasteiger partial charge < -0.3 is 19.9 Å². The smallest absolute Gasteiger partial charge is 0.409 e. The molecule has 0 spiro atoms. The first-order valence-corrected chi connectivity index (χ1v) is 13.1. The number of hydrogen-bond acceptors (Lipinski definition) is 5. The monoisotopic (exact) mass is 497 g/mol. The zero-order valence-electron chi connectivity index (χ0n) is 21.3. The number of fused-ring (bicyclic) bond motifs is 1. The summed E-state index contributed by atoms with van der Waals surface area (Å²) in [6.45, 7) is 5.42. The molecule has 0 aliphatic carbocycles. The molecule has 192 valence electrons. The number of anilines is 1. The van der Waals surface area contributed by atoms with Crippen LogP contribution >= 0.6 is 0 Å². The maximum Gasteiger partial charge on any atom is 0.409 e. The number of rotatable bonds is 9. The second-order valence-electron chi connectivity index (χ2n) is 9.81. The van der Waals surface area contributed by atoms with E-state index in [1.807, 2.05) is 41.3 Å². The Labute approximate surface area is 218 Å². The summed E-state index contributed by atoms with van der Waals surface area (Å²) in [5, 5.41) is 3.49. The molecule has 1 amide bonds. The molecule has 1 saturated heterocycles. The number of para-hydroxylation sites is 2. The highest BCUT2D eigenvalue weighted by molar-refractivity contribution is 5.77. The van der Waals surface area contributed by atoms with E-state index in [9.17, 15) is 4.79 Å². The number of nitrogens with one attached hydrogen (secondary N) is 2. The van der Waals surface area contributed by atoms with E-state index in [1.54, 1.807) is 0 Å². The van der Waals surface area contributed by atoms with Crippen molar-refractivity contribution < 1.29 is 9.53 Å². The van der Waals surface area contributed by atoms with Crippen LogP contribution in [-0.2, 0) is 17.8 Å². The summed E-state index contributed by atoms with van der Waals surface area (Å²) >= 11 is 0. The summed E-state index contributed by atoms with van der Waals surface area (Å²) in [6, 6.07) is 29.2. The number of carbonyl (C=O) groups is 1. The van der Waals surface area contributed by atoms with Gasteiger partial charge in [-0.2, -0.15) is 0 Å². The Morgan fingerprint density at radius 2 is 1.57 bits per heavy atom. The van der Waals surface area contributed by atoms with E-state index in [1.165, 1.54) is 11.1 Å². The molecular weight excluding hydrogens is 462 g/mol. The summed E-state index contributed by atoms with van der Waals surface area (Å²) in [5.41, 5.74) is 4.47. The molecule has 0 radical (unpaired) electrons. The van der Waals surface area contributed by atoms with Crippen molar-refractivity contribution in [1.29, 1.82) is 0 Å². The number of amides is 1. The molecule has 37 heavy (non-hydrogen) atoms. The maximum atomic E-state index is 12.9. The first-order chi connectivity index (χ1) is 18.1. The van der Waals surface area contributed by atoms with Gasteiger partial charge in [-0.25, -0.2) is 9.78 Å². The lowest BCUT2D eigenvalue weighted by atomic mass is 10.1. The molecule has 2 N–H and O–H groups in total. The Kier molecular flexibility index (Phi) is 8.01. The topological polar surface area (TPSA) is 73.5 Å². The molecule has 5 rings (SSSR count). The summed E-state index contributed by atoms with van der Waals surface area (Å²) in [5.74, 6) is 0.785. The van der Waals surface area contributed by atoms with Gasteiger partial charge in [0.2, 0.25) is 5.95 Å². The molecule has 1 unspecified atom stereocenters. The fourth-order valence-corrected chi connectivity index (χ4v) is 4.81. The highest BCUT2D eigenvalue weighted by Gasteiger charge is 2.25. The average molecular weight is 498 g/mol. The molecule has 4 aromatic rings. The standard InChI is InChI=1S/C30H35N5O2/c1-23(35(20-24-10-4-2-5-11-24)21-25-12-6-3-7-13-25)22-37-30(36)34-18-16-26(17-19-34)31-29-32-27-14-8-9-15-28(27)33-29/h2-15,23,26H,16-22H2,1H3,(H2,31,32,33). The number of imidazole rings is 1. The minimum atomic E-state index is -0.228. The summed E-state index contributed by atoms with van der Waals surface area (Å²) in [4.78, 5) is 25.0. The van der Waals surface area contributed by atoms with Gasteiger partial charge in [0.1, 0.15) is 6.61 Å². The molecule has 3 aromatic carbocycles. The Hall–Kier alpha value is -3.84. The summed E-state index contributed by atoms with van der Waals surface area (Å²) in [7, 11) is 0. The minimum absolute atomic E-state index is 0.0802. The van der Waals surface area contributed by atoms with Crippen LogP contribution in [0.1, 0.15) is 30.9 Å². The third-order valence-corrected chi connectivity index (χ3v) is 7.01. The highest BCUT2D eigenvalue weighted by atomic mass is 16.6. The van der Waals surface area contributed by atoms with E-state index in [0.29, 0.717) is 19.7 Å². The van der Waals surface area contributed by atoms with Crippen LogP contribution in [-0.4, -0.2) is 57.6 Å². The fraction of sp³-hybridized carbons (Fsp3) is 0.333. The molecule has 2 heterocycles. The lowest BCUT2D eigenvalue weighted by Gasteiger charge is -2.33. The molecule has 1 aliphatic rings. The van der Waals surface area contributed by atoms with Crippen LogP contribution in [0.4, 0.5) is 10.7 Å². The second-order valence-corrected chi connectivity index (χ2v) is 9.81.